The van der Waals surface area contributed by atoms with Crippen LogP contribution in [0.1, 0.15) is 78.4 Å². The number of carboxylic acid groups (broad SMARTS) is 1. The molecule has 5 nitrogen and oxygen atoms in total. The van der Waals surface area contributed by atoms with Gasteiger partial charge in [0.1, 0.15) is 0 Å². The fourth-order valence-electron chi connectivity index (χ4n) is 5.03. The number of carbonyl (C=O) groups excluding carboxylic acids is 1. The van der Waals surface area contributed by atoms with E-state index in [1.165, 1.54) is 0 Å². The molecule has 2 aliphatic rings. The normalized spacial score (nSPS) is 26.3. The first-order chi connectivity index (χ1) is 14.8. The van der Waals surface area contributed by atoms with Crippen LogP contribution >= 0.6 is 11.6 Å². The van der Waals surface area contributed by atoms with Crippen molar-refractivity contribution in [1.82, 2.24) is 10.2 Å². The monoisotopic (exact) mass is 460 g/mol. The summed E-state index contributed by atoms with van der Waals surface area (Å²) in [5.41, 5.74) is 2.63. The lowest BCUT2D eigenvalue weighted by molar-refractivity contribution is -0.142. The van der Waals surface area contributed by atoms with Crippen LogP contribution < -0.4 is 5.32 Å². The van der Waals surface area contributed by atoms with Gasteiger partial charge in [-0.05, 0) is 66.7 Å². The van der Waals surface area contributed by atoms with Crippen LogP contribution in [-0.2, 0) is 16.8 Å². The highest BCUT2D eigenvalue weighted by molar-refractivity contribution is 6.31. The summed E-state index contributed by atoms with van der Waals surface area (Å²) in [7, 11) is 0. The Morgan fingerprint density at radius 3 is 2.56 bits per heavy atom. The maximum atomic E-state index is 13.2. The molecule has 0 bridgehead atoms. The van der Waals surface area contributed by atoms with E-state index >= 15 is 0 Å². The Kier molecular flexibility index (Phi) is 6.99. The quantitative estimate of drug-likeness (QED) is 0.519. The van der Waals surface area contributed by atoms with Crippen LogP contribution in [0.15, 0.2) is 30.0 Å². The molecule has 2 amide bonds. The van der Waals surface area contributed by atoms with Crippen molar-refractivity contribution in [3.63, 3.8) is 0 Å². The first-order valence-electron chi connectivity index (χ1n) is 11.7. The number of urea groups is 1. The molecule has 0 aromatic heterocycles. The lowest BCUT2D eigenvalue weighted by Gasteiger charge is -2.44. The van der Waals surface area contributed by atoms with Crippen LogP contribution in [0.3, 0.4) is 0 Å². The molecule has 1 saturated carbocycles. The maximum Gasteiger partial charge on any atom is 0.322 e. The third kappa shape index (κ3) is 4.98. The van der Waals surface area contributed by atoms with E-state index in [-0.39, 0.29) is 23.4 Å². The summed E-state index contributed by atoms with van der Waals surface area (Å²) in [6.07, 6.45) is 5.98. The van der Waals surface area contributed by atoms with Crippen LogP contribution in [0.2, 0.25) is 5.02 Å². The maximum absolute atomic E-state index is 13.2. The highest BCUT2D eigenvalue weighted by atomic mass is 35.5. The number of aliphatic carboxylic acids is 1. The lowest BCUT2D eigenvalue weighted by Crippen LogP contribution is -2.57. The van der Waals surface area contributed by atoms with Gasteiger partial charge in [-0.3, -0.25) is 9.69 Å². The Morgan fingerprint density at radius 2 is 2.00 bits per heavy atom. The third-order valence-electron chi connectivity index (χ3n) is 7.00. The standard InChI is InChI=1S/C26H37ClN2O3/c1-16(2)20-15-29(22-9-7-8-19(22)23(30)31)24(32)28-26(20,6)18-11-10-17(21(27)14-18)12-13-25(3,4)5/h10-11,14-16,19,22H,7-9,12-13H2,1-6H3,(H,28,32)(H,30,31)/t19?,22?,26-/m0/s1. The van der Waals surface area contributed by atoms with E-state index in [4.69, 9.17) is 11.6 Å². The highest BCUT2D eigenvalue weighted by Crippen LogP contribution is 2.41. The highest BCUT2D eigenvalue weighted by Gasteiger charge is 2.45. The Morgan fingerprint density at radius 1 is 1.31 bits per heavy atom. The summed E-state index contributed by atoms with van der Waals surface area (Å²) < 4.78 is 0. The molecule has 1 heterocycles. The van der Waals surface area contributed by atoms with Crippen molar-refractivity contribution in [3.8, 4) is 0 Å². The van der Waals surface area contributed by atoms with Crippen molar-refractivity contribution in [3.05, 3.63) is 46.1 Å². The molecular formula is C26H37ClN2O3. The largest absolute Gasteiger partial charge is 0.481 e. The molecule has 6 heteroatoms. The molecule has 176 valence electrons. The van der Waals surface area contributed by atoms with Gasteiger partial charge in [-0.1, -0.05) is 64.8 Å². The minimum Gasteiger partial charge on any atom is -0.481 e. The summed E-state index contributed by atoms with van der Waals surface area (Å²) in [5, 5.41) is 13.5. The van der Waals surface area contributed by atoms with Crippen LogP contribution in [0, 0.1) is 17.3 Å². The number of amides is 2. The Hall–Kier alpha value is -2.01. The average molecular weight is 461 g/mol. The van der Waals surface area contributed by atoms with Gasteiger partial charge in [-0.2, -0.15) is 0 Å². The van der Waals surface area contributed by atoms with Crippen LogP contribution in [-0.4, -0.2) is 28.0 Å². The Balaban J connectivity index is 1.95. The number of hydrogen-bond acceptors (Lipinski definition) is 2. The minimum absolute atomic E-state index is 0.159. The second-order valence-electron chi connectivity index (χ2n) is 11.0. The summed E-state index contributed by atoms with van der Waals surface area (Å²) in [6.45, 7) is 12.9. The number of nitrogens with zero attached hydrogens (tertiary/aromatic N) is 1. The van der Waals surface area contributed by atoms with E-state index in [1.54, 1.807) is 4.90 Å². The smallest absolute Gasteiger partial charge is 0.322 e. The summed E-state index contributed by atoms with van der Waals surface area (Å²) in [6, 6.07) is 5.55. The lowest BCUT2D eigenvalue weighted by atomic mass is 9.77. The van der Waals surface area contributed by atoms with Crippen molar-refractivity contribution < 1.29 is 14.7 Å². The van der Waals surface area contributed by atoms with Gasteiger partial charge < -0.3 is 10.4 Å². The fourth-order valence-corrected chi connectivity index (χ4v) is 5.31. The zero-order chi connectivity index (χ0) is 23.8. The first kappa shape index (κ1) is 24.6. The number of aryl methyl sites for hydroxylation is 1. The van der Waals surface area contributed by atoms with Crippen molar-refractivity contribution in [1.29, 1.82) is 0 Å². The topological polar surface area (TPSA) is 69.6 Å². The van der Waals surface area contributed by atoms with E-state index in [0.717, 1.165) is 41.0 Å². The minimum atomic E-state index is -0.828. The summed E-state index contributed by atoms with van der Waals surface area (Å²) in [5.74, 6) is -1.19. The molecule has 1 fully saturated rings. The Labute approximate surface area is 197 Å². The predicted octanol–water partition coefficient (Wildman–Crippen LogP) is 6.35. The summed E-state index contributed by atoms with van der Waals surface area (Å²) in [4.78, 5) is 26.6. The van der Waals surface area contributed by atoms with E-state index in [9.17, 15) is 14.7 Å². The van der Waals surface area contributed by atoms with E-state index in [1.807, 2.05) is 19.2 Å². The van der Waals surface area contributed by atoms with E-state index in [2.05, 4.69) is 52.1 Å². The molecule has 2 unspecified atom stereocenters. The third-order valence-corrected chi connectivity index (χ3v) is 7.35. The second-order valence-corrected chi connectivity index (χ2v) is 11.4. The molecule has 3 atom stereocenters. The Bertz CT molecular complexity index is 918. The molecule has 1 aliphatic carbocycles. The number of benzene rings is 1. The van der Waals surface area contributed by atoms with Crippen LogP contribution in [0.5, 0.6) is 0 Å². The molecule has 0 radical (unpaired) electrons. The molecular weight excluding hydrogens is 424 g/mol. The van der Waals surface area contributed by atoms with Crippen molar-refractivity contribution in [2.24, 2.45) is 17.3 Å². The number of nitrogens with one attached hydrogen (secondary N) is 1. The number of carbonyl (C=O) groups is 2. The van der Waals surface area contributed by atoms with Crippen molar-refractivity contribution >= 4 is 23.6 Å². The molecule has 1 aliphatic heterocycles. The molecule has 0 spiro atoms. The van der Waals surface area contributed by atoms with Gasteiger partial charge in [0.2, 0.25) is 0 Å². The van der Waals surface area contributed by atoms with Gasteiger partial charge in [-0.25, -0.2) is 4.79 Å². The molecule has 1 aromatic carbocycles. The SMILES string of the molecule is CC(C)C1=CN(C2CCCC2C(=O)O)C(=O)N[C@@]1(C)c1ccc(CCC(C)(C)C)c(Cl)c1. The second kappa shape index (κ2) is 9.09. The first-order valence-corrected chi connectivity index (χ1v) is 12.1. The zero-order valence-corrected chi connectivity index (χ0v) is 20.9. The average Bonchev–Trinajstić information content (AvgIpc) is 3.15. The number of carboxylic acids is 1. The van der Waals surface area contributed by atoms with Crippen LogP contribution in [0.4, 0.5) is 4.79 Å². The number of halogens is 1. The van der Waals surface area contributed by atoms with Crippen molar-refractivity contribution in [2.75, 3.05) is 0 Å². The predicted molar refractivity (Wildman–Crippen MR) is 129 cm³/mol. The van der Waals surface area contributed by atoms with Gasteiger partial charge in [-0.15, -0.1) is 0 Å². The van der Waals surface area contributed by atoms with Gasteiger partial charge in [0.05, 0.1) is 17.5 Å². The molecule has 2 N–H and O–H groups in total. The molecule has 0 saturated heterocycles. The number of hydrogen-bond donors (Lipinski definition) is 2. The zero-order valence-electron chi connectivity index (χ0n) is 20.2. The molecule has 3 rings (SSSR count). The van der Waals surface area contributed by atoms with Gasteiger partial charge in [0, 0.05) is 11.2 Å². The van der Waals surface area contributed by atoms with E-state index in [0.29, 0.717) is 12.8 Å². The van der Waals surface area contributed by atoms with Gasteiger partial charge in [0.15, 0.2) is 0 Å². The van der Waals surface area contributed by atoms with Crippen molar-refractivity contribution in [2.45, 2.75) is 85.2 Å². The van der Waals surface area contributed by atoms with Crippen LogP contribution in [0.25, 0.3) is 0 Å². The summed E-state index contributed by atoms with van der Waals surface area (Å²) >= 11 is 6.68. The van der Waals surface area contributed by atoms with Gasteiger partial charge >= 0.3 is 12.0 Å². The van der Waals surface area contributed by atoms with E-state index < -0.39 is 17.4 Å². The molecule has 32 heavy (non-hydrogen) atoms. The fraction of sp³-hybridized carbons (Fsp3) is 0.615. The van der Waals surface area contributed by atoms with Gasteiger partial charge in [0.25, 0.3) is 0 Å². The number of rotatable bonds is 6. The molecule has 1 aromatic rings.